The average molecular weight is 472 g/mol. The average Bonchev–Trinajstić information content (AvgIpc) is 3.58. The van der Waals surface area contributed by atoms with E-state index in [0.29, 0.717) is 5.56 Å². The molecule has 0 aliphatic carbocycles. The number of hydrogen-bond donors (Lipinski definition) is 0. The molecular formula is C31H21NO2S. The fourth-order valence-corrected chi connectivity index (χ4v) is 5.21. The molecule has 2 heterocycles. The molecule has 4 heteroatoms. The summed E-state index contributed by atoms with van der Waals surface area (Å²) in [5.74, 6) is 0.815. The van der Waals surface area contributed by atoms with Gasteiger partial charge in [0.1, 0.15) is 17.6 Å². The third-order valence-electron chi connectivity index (χ3n) is 5.97. The van der Waals surface area contributed by atoms with Gasteiger partial charge < -0.3 is 9.32 Å². The number of para-hydroxylation sites is 2. The van der Waals surface area contributed by atoms with Crippen LogP contribution in [0.1, 0.15) is 10.4 Å². The van der Waals surface area contributed by atoms with E-state index in [-0.39, 0.29) is 0 Å². The number of carbonyl (C=O) groups excluding carboxylic acids is 1. The molecule has 6 aromatic rings. The second kappa shape index (κ2) is 9.09. The lowest BCUT2D eigenvalue weighted by Crippen LogP contribution is -2.09. The highest BCUT2D eigenvalue weighted by atomic mass is 32.1. The molecule has 0 fully saturated rings. The molecule has 0 amide bonds. The Morgan fingerprint density at radius 1 is 0.629 bits per heavy atom. The summed E-state index contributed by atoms with van der Waals surface area (Å²) in [6.07, 6.45) is 0.839. The number of benzene rings is 4. The Morgan fingerprint density at radius 3 is 1.91 bits per heavy atom. The van der Waals surface area contributed by atoms with Crippen LogP contribution in [-0.2, 0) is 0 Å². The zero-order valence-corrected chi connectivity index (χ0v) is 19.6. The van der Waals surface area contributed by atoms with Crippen LogP contribution < -0.4 is 4.90 Å². The fraction of sp³-hybridized carbons (Fsp3) is 0. The molecule has 0 spiro atoms. The second-order valence-electron chi connectivity index (χ2n) is 8.24. The molecule has 35 heavy (non-hydrogen) atoms. The van der Waals surface area contributed by atoms with E-state index in [0.717, 1.165) is 50.5 Å². The highest BCUT2D eigenvalue weighted by Crippen LogP contribution is 2.39. The van der Waals surface area contributed by atoms with Crippen molar-refractivity contribution >= 4 is 45.7 Å². The van der Waals surface area contributed by atoms with Gasteiger partial charge in [-0.3, -0.25) is 4.79 Å². The van der Waals surface area contributed by atoms with Crippen LogP contribution in [0.15, 0.2) is 126 Å². The summed E-state index contributed by atoms with van der Waals surface area (Å²) in [4.78, 5) is 15.6. The SMILES string of the molecule is O=Cc1ccc2cc(-c3ccc(-c4ccc(N(c5ccccc5)c5ccccc5)cc4)s3)oc2c1. The molecule has 0 radical (unpaired) electrons. The monoisotopic (exact) mass is 471 g/mol. The van der Waals surface area contributed by atoms with Crippen molar-refractivity contribution in [3.63, 3.8) is 0 Å². The van der Waals surface area contributed by atoms with E-state index in [2.05, 4.69) is 89.8 Å². The first kappa shape index (κ1) is 21.1. The smallest absolute Gasteiger partial charge is 0.150 e. The maximum atomic E-state index is 11.1. The third kappa shape index (κ3) is 4.16. The first-order chi connectivity index (χ1) is 17.3. The van der Waals surface area contributed by atoms with Crippen molar-refractivity contribution in [1.82, 2.24) is 0 Å². The summed E-state index contributed by atoms with van der Waals surface area (Å²) < 4.78 is 6.04. The van der Waals surface area contributed by atoms with Crippen molar-refractivity contribution in [2.45, 2.75) is 0 Å². The van der Waals surface area contributed by atoms with E-state index in [4.69, 9.17) is 4.42 Å². The lowest BCUT2D eigenvalue weighted by atomic mass is 10.1. The quantitative estimate of drug-likeness (QED) is 0.227. The van der Waals surface area contributed by atoms with E-state index < -0.39 is 0 Å². The highest BCUT2D eigenvalue weighted by molar-refractivity contribution is 7.18. The molecule has 168 valence electrons. The lowest BCUT2D eigenvalue weighted by Gasteiger charge is -2.25. The summed E-state index contributed by atoms with van der Waals surface area (Å²) in [5.41, 5.74) is 5.84. The van der Waals surface area contributed by atoms with E-state index >= 15 is 0 Å². The van der Waals surface area contributed by atoms with Gasteiger partial charge >= 0.3 is 0 Å². The zero-order chi connectivity index (χ0) is 23.6. The van der Waals surface area contributed by atoms with Crippen LogP contribution >= 0.6 is 11.3 Å². The van der Waals surface area contributed by atoms with Crippen LogP contribution in [0, 0.1) is 0 Å². The molecule has 0 saturated carbocycles. The number of furan rings is 1. The van der Waals surface area contributed by atoms with E-state index in [9.17, 15) is 4.79 Å². The molecule has 0 aliphatic heterocycles. The molecule has 4 aromatic carbocycles. The van der Waals surface area contributed by atoms with Crippen LogP contribution in [0.5, 0.6) is 0 Å². The van der Waals surface area contributed by atoms with Crippen LogP contribution in [0.2, 0.25) is 0 Å². The third-order valence-corrected chi connectivity index (χ3v) is 7.12. The first-order valence-electron chi connectivity index (χ1n) is 11.4. The standard InChI is InChI=1S/C31H21NO2S/c33-21-22-11-12-24-20-29(34-28(24)19-22)31-18-17-30(35-31)23-13-15-27(16-14-23)32(25-7-3-1-4-8-25)26-9-5-2-6-10-26/h1-21H. The van der Waals surface area contributed by atoms with Gasteiger partial charge in [-0.05, 0) is 66.2 Å². The fourth-order valence-electron chi connectivity index (χ4n) is 4.24. The van der Waals surface area contributed by atoms with Gasteiger partial charge in [0.05, 0.1) is 4.88 Å². The zero-order valence-electron chi connectivity index (χ0n) is 18.8. The maximum Gasteiger partial charge on any atom is 0.150 e. The molecule has 0 atom stereocenters. The second-order valence-corrected chi connectivity index (χ2v) is 9.33. The largest absolute Gasteiger partial charge is 0.455 e. The Labute approximate surface area is 207 Å². The Bertz CT molecular complexity index is 1560. The Morgan fingerprint density at radius 2 is 1.26 bits per heavy atom. The number of hydrogen-bond acceptors (Lipinski definition) is 4. The number of fused-ring (bicyclic) bond motifs is 1. The topological polar surface area (TPSA) is 33.5 Å². The van der Waals surface area contributed by atoms with Crippen molar-refractivity contribution in [2.75, 3.05) is 4.90 Å². The van der Waals surface area contributed by atoms with Crippen molar-refractivity contribution in [1.29, 1.82) is 0 Å². The number of rotatable bonds is 6. The minimum Gasteiger partial charge on any atom is -0.455 e. The summed E-state index contributed by atoms with van der Waals surface area (Å²) in [7, 11) is 0. The number of thiophene rings is 1. The number of anilines is 3. The van der Waals surface area contributed by atoms with Crippen LogP contribution in [-0.4, -0.2) is 6.29 Å². The molecule has 6 rings (SSSR count). The van der Waals surface area contributed by atoms with Gasteiger partial charge in [0.2, 0.25) is 0 Å². The van der Waals surface area contributed by atoms with Crippen molar-refractivity contribution in [3.05, 3.63) is 127 Å². The predicted octanol–water partition coefficient (Wildman–Crippen LogP) is 9.11. The summed E-state index contributed by atoms with van der Waals surface area (Å²) >= 11 is 1.69. The molecule has 0 bridgehead atoms. The molecular weight excluding hydrogens is 450 g/mol. The summed E-state index contributed by atoms with van der Waals surface area (Å²) in [5, 5.41) is 0.992. The normalized spacial score (nSPS) is 11.0. The molecule has 0 aliphatic rings. The minimum atomic E-state index is 0.616. The van der Waals surface area contributed by atoms with Crippen LogP contribution in [0.25, 0.3) is 32.0 Å². The highest BCUT2D eigenvalue weighted by Gasteiger charge is 2.14. The molecule has 3 nitrogen and oxygen atoms in total. The van der Waals surface area contributed by atoms with Crippen LogP contribution in [0.3, 0.4) is 0 Å². The molecule has 2 aromatic heterocycles. The van der Waals surface area contributed by atoms with E-state index in [1.165, 1.54) is 4.88 Å². The lowest BCUT2D eigenvalue weighted by molar-refractivity contribution is 0.112. The number of carbonyl (C=O) groups is 1. The Kier molecular flexibility index (Phi) is 5.49. The van der Waals surface area contributed by atoms with Gasteiger partial charge in [0.15, 0.2) is 0 Å². The number of aldehydes is 1. The van der Waals surface area contributed by atoms with Gasteiger partial charge in [-0.15, -0.1) is 11.3 Å². The summed E-state index contributed by atoms with van der Waals surface area (Å²) in [6.45, 7) is 0. The minimum absolute atomic E-state index is 0.616. The number of nitrogens with zero attached hydrogens (tertiary/aromatic N) is 1. The van der Waals surface area contributed by atoms with Gasteiger partial charge in [-0.25, -0.2) is 0 Å². The van der Waals surface area contributed by atoms with Crippen molar-refractivity contribution < 1.29 is 9.21 Å². The molecule has 0 N–H and O–H groups in total. The molecule has 0 unspecified atom stereocenters. The Balaban J connectivity index is 1.31. The molecule has 0 saturated heterocycles. The summed E-state index contributed by atoms with van der Waals surface area (Å²) in [6, 6.07) is 41.2. The van der Waals surface area contributed by atoms with Gasteiger partial charge in [-0.1, -0.05) is 60.7 Å². The van der Waals surface area contributed by atoms with Gasteiger partial charge in [0.25, 0.3) is 0 Å². The maximum absolute atomic E-state index is 11.1. The van der Waals surface area contributed by atoms with Crippen molar-refractivity contribution in [2.24, 2.45) is 0 Å². The van der Waals surface area contributed by atoms with Crippen molar-refractivity contribution in [3.8, 4) is 21.1 Å². The van der Waals surface area contributed by atoms with Gasteiger partial charge in [-0.2, -0.15) is 0 Å². The Hall–Kier alpha value is -4.41. The van der Waals surface area contributed by atoms with E-state index in [1.54, 1.807) is 17.4 Å². The van der Waals surface area contributed by atoms with Crippen LogP contribution in [0.4, 0.5) is 17.1 Å². The van der Waals surface area contributed by atoms with Gasteiger partial charge in [0, 0.05) is 32.9 Å². The first-order valence-corrected chi connectivity index (χ1v) is 12.2. The predicted molar refractivity (Wildman–Crippen MR) is 145 cm³/mol. The van der Waals surface area contributed by atoms with E-state index in [1.807, 2.05) is 30.3 Å².